The van der Waals surface area contributed by atoms with Gasteiger partial charge in [0, 0.05) is 36.3 Å². The van der Waals surface area contributed by atoms with Gasteiger partial charge in [0.15, 0.2) is 5.96 Å². The van der Waals surface area contributed by atoms with Crippen molar-refractivity contribution in [3.05, 3.63) is 40.2 Å². The summed E-state index contributed by atoms with van der Waals surface area (Å²) in [6, 6.07) is 3.90. The quantitative estimate of drug-likeness (QED) is 0.249. The largest absolute Gasteiger partial charge is 0.469 e. The molecule has 0 spiro atoms. The highest BCUT2D eigenvalue weighted by Crippen LogP contribution is 2.13. The Kier molecular flexibility index (Phi) is 11.2. The van der Waals surface area contributed by atoms with Crippen molar-refractivity contribution >= 4 is 53.0 Å². The molecular weight excluding hydrogens is 455 g/mol. The minimum Gasteiger partial charge on any atom is -0.469 e. The standard InChI is InChI=1S/C16H24N4OS2.HI/c1-3-14-11-19-15(23-14)12-20-16(18-8-10-22-2)17-7-6-13-5-4-9-21-13;/h4-5,9,11H,3,6-8,10,12H2,1-2H3,(H2,17,18,20);1H. The zero-order valence-corrected chi connectivity index (χ0v) is 18.0. The molecule has 0 saturated carbocycles. The predicted octanol–water partition coefficient (Wildman–Crippen LogP) is 3.56. The van der Waals surface area contributed by atoms with E-state index in [-0.39, 0.29) is 24.0 Å². The number of halogens is 1. The normalized spacial score (nSPS) is 11.2. The Morgan fingerprint density at radius 1 is 1.38 bits per heavy atom. The molecule has 0 aromatic carbocycles. The highest BCUT2D eigenvalue weighted by molar-refractivity contribution is 14.0. The number of guanidine groups is 1. The van der Waals surface area contributed by atoms with E-state index in [4.69, 9.17) is 4.42 Å². The molecule has 24 heavy (non-hydrogen) atoms. The van der Waals surface area contributed by atoms with Crippen LogP contribution in [0.2, 0.25) is 0 Å². The average Bonchev–Trinajstić information content (AvgIpc) is 3.23. The maximum absolute atomic E-state index is 5.35. The Labute approximate surface area is 169 Å². The molecule has 2 aromatic heterocycles. The van der Waals surface area contributed by atoms with Gasteiger partial charge in [-0.05, 0) is 24.8 Å². The first kappa shape index (κ1) is 21.3. The van der Waals surface area contributed by atoms with Crippen molar-refractivity contribution in [3.63, 3.8) is 0 Å². The second kappa shape index (κ2) is 12.6. The molecule has 0 radical (unpaired) electrons. The lowest BCUT2D eigenvalue weighted by atomic mass is 10.3. The lowest BCUT2D eigenvalue weighted by molar-refractivity contribution is 0.507. The molecular formula is C16H25IN4OS2. The third kappa shape index (κ3) is 7.89. The molecule has 0 amide bonds. The van der Waals surface area contributed by atoms with Crippen molar-refractivity contribution in [1.82, 2.24) is 15.6 Å². The van der Waals surface area contributed by atoms with Crippen LogP contribution in [0.4, 0.5) is 0 Å². The number of thiazole rings is 1. The number of hydrogen-bond acceptors (Lipinski definition) is 5. The maximum Gasteiger partial charge on any atom is 0.191 e. The molecule has 0 unspecified atom stereocenters. The summed E-state index contributed by atoms with van der Waals surface area (Å²) in [5, 5.41) is 7.77. The zero-order chi connectivity index (χ0) is 16.3. The van der Waals surface area contributed by atoms with Crippen LogP contribution in [0.25, 0.3) is 0 Å². The lowest BCUT2D eigenvalue weighted by Gasteiger charge is -2.11. The number of aromatic nitrogens is 1. The number of rotatable bonds is 9. The first-order valence-corrected chi connectivity index (χ1v) is 10.00. The highest BCUT2D eigenvalue weighted by atomic mass is 127. The molecule has 8 heteroatoms. The summed E-state index contributed by atoms with van der Waals surface area (Å²) < 4.78 is 5.35. The fraction of sp³-hybridized carbons (Fsp3) is 0.500. The van der Waals surface area contributed by atoms with E-state index < -0.39 is 0 Å². The van der Waals surface area contributed by atoms with Crippen LogP contribution in [-0.4, -0.2) is 36.0 Å². The molecule has 0 aliphatic carbocycles. The number of nitrogens with one attached hydrogen (secondary N) is 2. The first-order valence-electron chi connectivity index (χ1n) is 7.79. The second-order valence-electron chi connectivity index (χ2n) is 4.91. The summed E-state index contributed by atoms with van der Waals surface area (Å²) in [4.78, 5) is 10.4. The summed E-state index contributed by atoms with van der Waals surface area (Å²) in [7, 11) is 0. The molecule has 0 aliphatic heterocycles. The van der Waals surface area contributed by atoms with Gasteiger partial charge in [0.25, 0.3) is 0 Å². The van der Waals surface area contributed by atoms with Gasteiger partial charge in [0.05, 0.1) is 12.8 Å². The van der Waals surface area contributed by atoms with Gasteiger partial charge >= 0.3 is 0 Å². The fourth-order valence-corrected chi connectivity index (χ4v) is 3.03. The van der Waals surface area contributed by atoms with Crippen LogP contribution in [-0.2, 0) is 19.4 Å². The molecule has 0 aliphatic rings. The van der Waals surface area contributed by atoms with Gasteiger partial charge in [0.1, 0.15) is 10.8 Å². The van der Waals surface area contributed by atoms with Gasteiger partial charge in [-0.2, -0.15) is 11.8 Å². The molecule has 134 valence electrons. The van der Waals surface area contributed by atoms with E-state index in [9.17, 15) is 0 Å². The van der Waals surface area contributed by atoms with Crippen molar-refractivity contribution in [3.8, 4) is 0 Å². The van der Waals surface area contributed by atoms with E-state index in [1.165, 1.54) is 4.88 Å². The van der Waals surface area contributed by atoms with Crippen molar-refractivity contribution < 1.29 is 4.42 Å². The van der Waals surface area contributed by atoms with Gasteiger partial charge in [-0.15, -0.1) is 35.3 Å². The Morgan fingerprint density at radius 3 is 2.88 bits per heavy atom. The van der Waals surface area contributed by atoms with Crippen molar-refractivity contribution in [2.45, 2.75) is 26.3 Å². The molecule has 5 nitrogen and oxygen atoms in total. The Balaban J connectivity index is 0.00000288. The van der Waals surface area contributed by atoms with Crippen molar-refractivity contribution in [1.29, 1.82) is 0 Å². The van der Waals surface area contributed by atoms with E-state index in [0.29, 0.717) is 6.54 Å². The van der Waals surface area contributed by atoms with Crippen LogP contribution in [0.3, 0.4) is 0 Å². The third-order valence-electron chi connectivity index (χ3n) is 3.16. The Hall–Kier alpha value is -0.740. The van der Waals surface area contributed by atoms with Gasteiger partial charge < -0.3 is 15.1 Å². The summed E-state index contributed by atoms with van der Waals surface area (Å²) >= 11 is 3.55. The summed E-state index contributed by atoms with van der Waals surface area (Å²) in [6.45, 7) is 4.44. The molecule has 0 saturated heterocycles. The molecule has 0 fully saturated rings. The SMILES string of the molecule is CCc1cnc(CN=C(NCCSC)NCCc2ccco2)s1.I. The maximum atomic E-state index is 5.35. The highest BCUT2D eigenvalue weighted by Gasteiger charge is 2.03. The van der Waals surface area contributed by atoms with Gasteiger partial charge in [-0.25, -0.2) is 9.98 Å². The number of furan rings is 1. The number of thioether (sulfide) groups is 1. The van der Waals surface area contributed by atoms with Crippen molar-refractivity contribution in [2.75, 3.05) is 25.1 Å². The molecule has 0 atom stereocenters. The first-order chi connectivity index (χ1) is 11.3. The predicted molar refractivity (Wildman–Crippen MR) is 115 cm³/mol. The van der Waals surface area contributed by atoms with Gasteiger partial charge in [0.2, 0.25) is 0 Å². The van der Waals surface area contributed by atoms with Gasteiger partial charge in [-0.3, -0.25) is 0 Å². The second-order valence-corrected chi connectivity index (χ2v) is 7.10. The number of hydrogen-bond donors (Lipinski definition) is 2. The van der Waals surface area contributed by atoms with Crippen LogP contribution >= 0.6 is 47.1 Å². The van der Waals surface area contributed by atoms with E-state index in [1.54, 1.807) is 17.6 Å². The van der Waals surface area contributed by atoms with Crippen LogP contribution in [0, 0.1) is 0 Å². The molecule has 2 rings (SSSR count). The van der Waals surface area contributed by atoms with E-state index in [1.807, 2.05) is 30.1 Å². The minimum absolute atomic E-state index is 0. The molecule has 0 bridgehead atoms. The van der Waals surface area contributed by atoms with E-state index in [2.05, 4.69) is 33.8 Å². The average molecular weight is 480 g/mol. The topological polar surface area (TPSA) is 62.5 Å². The Morgan fingerprint density at radius 2 is 2.21 bits per heavy atom. The van der Waals surface area contributed by atoms with Crippen LogP contribution in [0.1, 0.15) is 22.6 Å². The molecule has 2 N–H and O–H groups in total. The smallest absolute Gasteiger partial charge is 0.191 e. The number of nitrogens with zero attached hydrogens (tertiary/aromatic N) is 2. The summed E-state index contributed by atoms with van der Waals surface area (Å²) in [5.74, 6) is 2.86. The zero-order valence-electron chi connectivity index (χ0n) is 14.1. The van der Waals surface area contributed by atoms with Crippen LogP contribution in [0.15, 0.2) is 34.0 Å². The number of aryl methyl sites for hydroxylation is 1. The minimum atomic E-state index is 0. The lowest BCUT2D eigenvalue weighted by Crippen LogP contribution is -2.39. The third-order valence-corrected chi connectivity index (χ3v) is 4.90. The van der Waals surface area contributed by atoms with Crippen LogP contribution < -0.4 is 10.6 Å². The summed E-state index contributed by atoms with van der Waals surface area (Å²) in [5.41, 5.74) is 0. The van der Waals surface area contributed by atoms with Crippen molar-refractivity contribution in [2.24, 2.45) is 4.99 Å². The van der Waals surface area contributed by atoms with Gasteiger partial charge in [-0.1, -0.05) is 6.92 Å². The molecule has 2 aromatic rings. The Bertz CT molecular complexity index is 587. The fourth-order valence-electron chi connectivity index (χ4n) is 1.94. The van der Waals surface area contributed by atoms with E-state index >= 15 is 0 Å². The van der Waals surface area contributed by atoms with Crippen LogP contribution in [0.5, 0.6) is 0 Å². The number of aliphatic imine (C=N–C) groups is 1. The molecule has 2 heterocycles. The van der Waals surface area contributed by atoms with E-state index in [0.717, 1.165) is 48.4 Å². The monoisotopic (exact) mass is 480 g/mol. The summed E-state index contributed by atoms with van der Waals surface area (Å²) in [6.07, 6.45) is 7.62.